The summed E-state index contributed by atoms with van der Waals surface area (Å²) in [6.45, 7) is 0.527. The Hall–Kier alpha value is -2.04. The summed E-state index contributed by atoms with van der Waals surface area (Å²) in [7, 11) is 0. The standard InChI is InChI=1S/C11H16N4O/c12-10(13)2-1-7-16-9-5-3-8(4-6-9)11(14)15/h3-6H,1-2,7H2,(H3,12,13)(H3,14,15). The number of hydrogen-bond acceptors (Lipinski definition) is 3. The van der Waals surface area contributed by atoms with Crippen molar-refractivity contribution in [2.24, 2.45) is 11.5 Å². The molecule has 0 saturated carbocycles. The zero-order valence-corrected chi connectivity index (χ0v) is 8.99. The van der Waals surface area contributed by atoms with Crippen molar-refractivity contribution >= 4 is 11.7 Å². The minimum absolute atomic E-state index is 0.0446. The van der Waals surface area contributed by atoms with Gasteiger partial charge in [-0.3, -0.25) is 10.8 Å². The molecular weight excluding hydrogens is 204 g/mol. The lowest BCUT2D eigenvalue weighted by Crippen LogP contribution is -2.11. The van der Waals surface area contributed by atoms with Crippen molar-refractivity contribution in [3.8, 4) is 5.75 Å². The summed E-state index contributed by atoms with van der Waals surface area (Å²) >= 11 is 0. The maximum atomic E-state index is 7.22. The van der Waals surface area contributed by atoms with E-state index >= 15 is 0 Å². The number of nitrogen functional groups attached to an aromatic ring is 1. The summed E-state index contributed by atoms with van der Waals surface area (Å²) in [4.78, 5) is 0. The van der Waals surface area contributed by atoms with E-state index in [1.54, 1.807) is 24.3 Å². The number of amidine groups is 2. The van der Waals surface area contributed by atoms with Gasteiger partial charge >= 0.3 is 0 Å². The second-order valence-corrected chi connectivity index (χ2v) is 3.42. The number of nitrogens with two attached hydrogens (primary N) is 2. The first-order valence-electron chi connectivity index (χ1n) is 5.00. The largest absolute Gasteiger partial charge is 0.494 e. The average molecular weight is 220 g/mol. The van der Waals surface area contributed by atoms with Gasteiger partial charge in [-0.1, -0.05) is 0 Å². The molecule has 16 heavy (non-hydrogen) atoms. The first-order chi connectivity index (χ1) is 7.59. The molecule has 0 aliphatic heterocycles. The molecule has 0 bridgehead atoms. The molecule has 0 aliphatic rings. The quantitative estimate of drug-likeness (QED) is 0.327. The van der Waals surface area contributed by atoms with Gasteiger partial charge in [0, 0.05) is 12.0 Å². The molecular formula is C11H16N4O. The lowest BCUT2D eigenvalue weighted by molar-refractivity contribution is 0.313. The minimum Gasteiger partial charge on any atom is -0.494 e. The van der Waals surface area contributed by atoms with Crippen LogP contribution in [-0.2, 0) is 0 Å². The first kappa shape index (κ1) is 12.0. The molecule has 0 heterocycles. The van der Waals surface area contributed by atoms with Crippen LogP contribution < -0.4 is 16.2 Å². The number of benzene rings is 1. The van der Waals surface area contributed by atoms with E-state index in [4.69, 9.17) is 27.0 Å². The smallest absolute Gasteiger partial charge is 0.122 e. The minimum atomic E-state index is 0.0446. The molecule has 1 rings (SSSR count). The van der Waals surface area contributed by atoms with E-state index in [0.717, 1.165) is 12.2 Å². The SMILES string of the molecule is N=C(N)CCCOc1ccc(C(=N)N)cc1. The summed E-state index contributed by atoms with van der Waals surface area (Å²) in [6.07, 6.45) is 1.27. The molecule has 5 nitrogen and oxygen atoms in total. The van der Waals surface area contributed by atoms with Gasteiger partial charge in [0.2, 0.25) is 0 Å². The van der Waals surface area contributed by atoms with Gasteiger partial charge in [0.15, 0.2) is 0 Å². The van der Waals surface area contributed by atoms with Gasteiger partial charge in [-0.25, -0.2) is 0 Å². The number of ether oxygens (including phenoxy) is 1. The van der Waals surface area contributed by atoms with E-state index < -0.39 is 0 Å². The van der Waals surface area contributed by atoms with Crippen molar-refractivity contribution in [1.29, 1.82) is 10.8 Å². The summed E-state index contributed by atoms with van der Waals surface area (Å²) in [6, 6.07) is 7.01. The van der Waals surface area contributed by atoms with Gasteiger partial charge in [-0.15, -0.1) is 0 Å². The van der Waals surface area contributed by atoms with E-state index in [2.05, 4.69) is 0 Å². The third kappa shape index (κ3) is 4.00. The maximum absolute atomic E-state index is 7.22. The van der Waals surface area contributed by atoms with E-state index in [1.165, 1.54) is 0 Å². The van der Waals surface area contributed by atoms with Crippen LogP contribution in [0.3, 0.4) is 0 Å². The summed E-state index contributed by atoms with van der Waals surface area (Å²) in [5.41, 5.74) is 11.2. The molecule has 0 radical (unpaired) electrons. The molecule has 0 fully saturated rings. The Morgan fingerprint density at radius 1 is 1.12 bits per heavy atom. The second kappa shape index (κ2) is 5.75. The maximum Gasteiger partial charge on any atom is 0.122 e. The van der Waals surface area contributed by atoms with Gasteiger partial charge < -0.3 is 16.2 Å². The Morgan fingerprint density at radius 2 is 1.75 bits per heavy atom. The fraction of sp³-hybridized carbons (Fsp3) is 0.273. The van der Waals surface area contributed by atoms with Crippen LogP contribution in [0.5, 0.6) is 5.75 Å². The summed E-state index contributed by atoms with van der Waals surface area (Å²) < 4.78 is 5.43. The summed E-state index contributed by atoms with van der Waals surface area (Å²) in [5.74, 6) is 0.951. The average Bonchev–Trinajstić information content (AvgIpc) is 2.25. The molecule has 1 aromatic carbocycles. The Balaban J connectivity index is 2.38. The molecule has 0 atom stereocenters. The van der Waals surface area contributed by atoms with E-state index in [-0.39, 0.29) is 11.7 Å². The number of nitrogens with one attached hydrogen (secondary N) is 2. The molecule has 5 heteroatoms. The molecule has 6 N–H and O–H groups in total. The van der Waals surface area contributed by atoms with E-state index in [9.17, 15) is 0 Å². The highest BCUT2D eigenvalue weighted by Crippen LogP contribution is 2.12. The van der Waals surface area contributed by atoms with E-state index in [1.807, 2.05) is 0 Å². The van der Waals surface area contributed by atoms with Crippen LogP contribution in [0.2, 0.25) is 0 Å². The third-order valence-corrected chi connectivity index (χ3v) is 2.02. The van der Waals surface area contributed by atoms with Crippen LogP contribution in [0.1, 0.15) is 18.4 Å². The lowest BCUT2D eigenvalue weighted by atomic mass is 10.2. The monoisotopic (exact) mass is 220 g/mol. The van der Waals surface area contributed by atoms with Crippen LogP contribution in [0.15, 0.2) is 24.3 Å². The second-order valence-electron chi connectivity index (χ2n) is 3.42. The molecule has 1 aromatic rings. The van der Waals surface area contributed by atoms with Gasteiger partial charge in [-0.2, -0.15) is 0 Å². The van der Waals surface area contributed by atoms with Crippen LogP contribution in [0.4, 0.5) is 0 Å². The molecule has 0 aromatic heterocycles. The highest BCUT2D eigenvalue weighted by Gasteiger charge is 1.98. The molecule has 0 saturated heterocycles. The predicted octanol–water partition coefficient (Wildman–Crippen LogP) is 1.07. The highest BCUT2D eigenvalue weighted by molar-refractivity contribution is 5.94. The summed E-state index contributed by atoms with van der Waals surface area (Å²) in [5, 5.41) is 14.3. The van der Waals surface area contributed by atoms with Crippen molar-refractivity contribution in [3.63, 3.8) is 0 Å². The van der Waals surface area contributed by atoms with Crippen LogP contribution in [0, 0.1) is 10.8 Å². The molecule has 0 amide bonds. The van der Waals surface area contributed by atoms with Crippen molar-refractivity contribution in [2.75, 3.05) is 6.61 Å². The zero-order valence-electron chi connectivity index (χ0n) is 8.99. The Kier molecular flexibility index (Phi) is 4.32. The number of rotatable bonds is 6. The first-order valence-corrected chi connectivity index (χ1v) is 5.00. The Morgan fingerprint density at radius 3 is 2.25 bits per heavy atom. The van der Waals surface area contributed by atoms with Gasteiger partial charge in [0.1, 0.15) is 11.6 Å². The molecule has 0 spiro atoms. The van der Waals surface area contributed by atoms with Gasteiger partial charge in [0.25, 0.3) is 0 Å². The fourth-order valence-electron chi connectivity index (χ4n) is 1.18. The van der Waals surface area contributed by atoms with Crippen LogP contribution in [0.25, 0.3) is 0 Å². The molecule has 0 unspecified atom stereocenters. The van der Waals surface area contributed by atoms with Crippen molar-refractivity contribution < 1.29 is 4.74 Å². The predicted molar refractivity (Wildman–Crippen MR) is 64.1 cm³/mol. The Labute approximate surface area is 94.4 Å². The normalized spacial score (nSPS) is 9.75. The van der Waals surface area contributed by atoms with E-state index in [0.29, 0.717) is 18.6 Å². The van der Waals surface area contributed by atoms with Gasteiger partial charge in [0.05, 0.1) is 12.4 Å². The third-order valence-electron chi connectivity index (χ3n) is 2.02. The van der Waals surface area contributed by atoms with Crippen molar-refractivity contribution in [2.45, 2.75) is 12.8 Å². The van der Waals surface area contributed by atoms with Crippen molar-refractivity contribution in [1.82, 2.24) is 0 Å². The molecule has 0 aliphatic carbocycles. The topological polar surface area (TPSA) is 109 Å². The van der Waals surface area contributed by atoms with Gasteiger partial charge in [-0.05, 0) is 30.7 Å². The van der Waals surface area contributed by atoms with Crippen LogP contribution in [-0.4, -0.2) is 18.3 Å². The fourth-order valence-corrected chi connectivity index (χ4v) is 1.18. The zero-order chi connectivity index (χ0) is 12.0. The molecule has 86 valence electrons. The lowest BCUT2D eigenvalue weighted by Gasteiger charge is -2.06. The highest BCUT2D eigenvalue weighted by atomic mass is 16.5. The van der Waals surface area contributed by atoms with Crippen LogP contribution >= 0.6 is 0 Å². The van der Waals surface area contributed by atoms with Crippen molar-refractivity contribution in [3.05, 3.63) is 29.8 Å². The number of hydrogen-bond donors (Lipinski definition) is 4. The Bertz CT molecular complexity index is 372.